The quantitative estimate of drug-likeness (QED) is 0.560. The SMILES string of the molecule is CC(C)(C)c1nc2cc3cccnc3cc2nc1C(C)(C)C. The first kappa shape index (κ1) is 14.9. The van der Waals surface area contributed by atoms with Gasteiger partial charge in [0.15, 0.2) is 0 Å². The first-order chi connectivity index (χ1) is 10.2. The van der Waals surface area contributed by atoms with Crippen LogP contribution in [0, 0.1) is 0 Å². The highest BCUT2D eigenvalue weighted by atomic mass is 14.9. The van der Waals surface area contributed by atoms with Gasteiger partial charge in [0.1, 0.15) is 0 Å². The molecule has 0 bridgehead atoms. The lowest BCUT2D eigenvalue weighted by atomic mass is 9.81. The molecule has 3 rings (SSSR count). The minimum absolute atomic E-state index is 0.0340. The van der Waals surface area contributed by atoms with Gasteiger partial charge in [0, 0.05) is 22.4 Å². The third kappa shape index (κ3) is 2.56. The Bertz CT molecular complexity index is 780. The zero-order valence-electron chi connectivity index (χ0n) is 14.2. The molecule has 0 N–H and O–H groups in total. The second kappa shape index (κ2) is 4.73. The molecule has 2 aromatic heterocycles. The molecule has 0 aliphatic rings. The molecule has 0 saturated carbocycles. The number of hydrogen-bond donors (Lipinski definition) is 0. The average Bonchev–Trinajstić information content (AvgIpc) is 2.41. The predicted octanol–water partition coefficient (Wildman–Crippen LogP) is 4.77. The highest BCUT2D eigenvalue weighted by molar-refractivity contribution is 5.92. The van der Waals surface area contributed by atoms with Crippen LogP contribution in [0.4, 0.5) is 0 Å². The Hall–Kier alpha value is -2.03. The van der Waals surface area contributed by atoms with Crippen LogP contribution in [0.2, 0.25) is 0 Å². The third-order valence-electron chi connectivity index (χ3n) is 3.81. The maximum Gasteiger partial charge on any atom is 0.0912 e. The second-order valence-electron chi connectivity index (χ2n) is 7.96. The highest BCUT2D eigenvalue weighted by Gasteiger charge is 2.28. The first-order valence-corrected chi connectivity index (χ1v) is 7.74. The summed E-state index contributed by atoms with van der Waals surface area (Å²) in [6.07, 6.45) is 1.82. The number of rotatable bonds is 0. The van der Waals surface area contributed by atoms with Gasteiger partial charge in [-0.2, -0.15) is 0 Å². The lowest BCUT2D eigenvalue weighted by Gasteiger charge is -2.28. The van der Waals surface area contributed by atoms with Gasteiger partial charge in [-0.3, -0.25) is 4.98 Å². The molecule has 2 heterocycles. The summed E-state index contributed by atoms with van der Waals surface area (Å²) in [6.45, 7) is 13.2. The number of pyridine rings is 1. The normalized spacial score (nSPS) is 13.0. The van der Waals surface area contributed by atoms with Crippen molar-refractivity contribution in [2.45, 2.75) is 52.4 Å². The Morgan fingerprint density at radius 3 is 1.82 bits per heavy atom. The van der Waals surface area contributed by atoms with Gasteiger partial charge in [0.2, 0.25) is 0 Å². The maximum absolute atomic E-state index is 4.97. The van der Waals surface area contributed by atoms with Gasteiger partial charge < -0.3 is 0 Å². The zero-order valence-corrected chi connectivity index (χ0v) is 14.2. The van der Waals surface area contributed by atoms with Crippen molar-refractivity contribution in [3.8, 4) is 0 Å². The van der Waals surface area contributed by atoms with Crippen LogP contribution in [0.5, 0.6) is 0 Å². The topological polar surface area (TPSA) is 38.7 Å². The van der Waals surface area contributed by atoms with Gasteiger partial charge in [-0.15, -0.1) is 0 Å². The summed E-state index contributed by atoms with van der Waals surface area (Å²) >= 11 is 0. The molecule has 3 heteroatoms. The molecule has 0 amide bonds. The molecule has 0 spiro atoms. The zero-order chi connectivity index (χ0) is 16.1. The van der Waals surface area contributed by atoms with Crippen LogP contribution in [-0.2, 0) is 10.8 Å². The number of nitrogens with zero attached hydrogens (tertiary/aromatic N) is 3. The number of aromatic nitrogens is 3. The summed E-state index contributed by atoms with van der Waals surface area (Å²) in [4.78, 5) is 14.4. The van der Waals surface area contributed by atoms with E-state index >= 15 is 0 Å². The van der Waals surface area contributed by atoms with E-state index in [0.29, 0.717) is 0 Å². The van der Waals surface area contributed by atoms with Gasteiger partial charge in [-0.05, 0) is 18.2 Å². The molecular formula is C19H23N3. The van der Waals surface area contributed by atoms with Crippen LogP contribution in [0.1, 0.15) is 52.9 Å². The first-order valence-electron chi connectivity index (χ1n) is 7.74. The van der Waals surface area contributed by atoms with Crippen molar-refractivity contribution >= 4 is 21.9 Å². The summed E-state index contributed by atoms with van der Waals surface area (Å²) < 4.78 is 0. The molecule has 0 aliphatic carbocycles. The van der Waals surface area contributed by atoms with Crippen molar-refractivity contribution in [1.29, 1.82) is 0 Å². The van der Waals surface area contributed by atoms with E-state index in [9.17, 15) is 0 Å². The van der Waals surface area contributed by atoms with Crippen molar-refractivity contribution in [2.24, 2.45) is 0 Å². The van der Waals surface area contributed by atoms with E-state index < -0.39 is 0 Å². The summed E-state index contributed by atoms with van der Waals surface area (Å²) in [5.41, 5.74) is 4.91. The highest BCUT2D eigenvalue weighted by Crippen LogP contribution is 2.33. The molecule has 3 nitrogen and oxygen atoms in total. The molecule has 0 unspecified atom stereocenters. The minimum atomic E-state index is -0.0388. The van der Waals surface area contributed by atoms with E-state index in [4.69, 9.17) is 9.97 Å². The molecule has 0 saturated heterocycles. The van der Waals surface area contributed by atoms with E-state index in [0.717, 1.165) is 33.3 Å². The van der Waals surface area contributed by atoms with Crippen LogP contribution in [0.15, 0.2) is 30.5 Å². The molecular weight excluding hydrogens is 270 g/mol. The molecule has 0 atom stereocenters. The summed E-state index contributed by atoms with van der Waals surface area (Å²) in [7, 11) is 0. The van der Waals surface area contributed by atoms with E-state index in [1.807, 2.05) is 18.3 Å². The maximum atomic E-state index is 4.97. The van der Waals surface area contributed by atoms with Crippen molar-refractivity contribution < 1.29 is 0 Å². The molecule has 0 aliphatic heterocycles. The van der Waals surface area contributed by atoms with Gasteiger partial charge in [-0.1, -0.05) is 47.6 Å². The van der Waals surface area contributed by atoms with Gasteiger partial charge in [-0.25, -0.2) is 9.97 Å². The third-order valence-corrected chi connectivity index (χ3v) is 3.81. The summed E-state index contributed by atoms with van der Waals surface area (Å²) in [5, 5.41) is 1.10. The Morgan fingerprint density at radius 2 is 1.27 bits per heavy atom. The number of fused-ring (bicyclic) bond motifs is 2. The lowest BCUT2D eigenvalue weighted by Crippen LogP contribution is -2.25. The minimum Gasteiger partial charge on any atom is -0.256 e. The van der Waals surface area contributed by atoms with E-state index in [1.165, 1.54) is 0 Å². The largest absolute Gasteiger partial charge is 0.256 e. The molecule has 0 fully saturated rings. The van der Waals surface area contributed by atoms with Gasteiger partial charge in [0.25, 0.3) is 0 Å². The Balaban J connectivity index is 2.40. The van der Waals surface area contributed by atoms with E-state index in [-0.39, 0.29) is 10.8 Å². The van der Waals surface area contributed by atoms with Crippen molar-refractivity contribution in [3.05, 3.63) is 41.9 Å². The van der Waals surface area contributed by atoms with Crippen LogP contribution in [-0.4, -0.2) is 15.0 Å². The molecule has 114 valence electrons. The predicted molar refractivity (Wildman–Crippen MR) is 92.2 cm³/mol. The number of hydrogen-bond acceptors (Lipinski definition) is 3. The fourth-order valence-electron chi connectivity index (χ4n) is 2.67. The molecule has 1 aromatic carbocycles. The van der Waals surface area contributed by atoms with Crippen LogP contribution < -0.4 is 0 Å². The second-order valence-corrected chi connectivity index (χ2v) is 7.96. The Morgan fingerprint density at radius 1 is 0.727 bits per heavy atom. The molecule has 3 aromatic rings. The van der Waals surface area contributed by atoms with Crippen LogP contribution in [0.3, 0.4) is 0 Å². The fourth-order valence-corrected chi connectivity index (χ4v) is 2.67. The van der Waals surface area contributed by atoms with Crippen molar-refractivity contribution in [2.75, 3.05) is 0 Å². The van der Waals surface area contributed by atoms with Gasteiger partial charge in [0.05, 0.1) is 27.9 Å². The van der Waals surface area contributed by atoms with Gasteiger partial charge >= 0.3 is 0 Å². The fraction of sp³-hybridized carbons (Fsp3) is 0.421. The lowest BCUT2D eigenvalue weighted by molar-refractivity contribution is 0.502. The Labute approximate surface area is 131 Å². The van der Waals surface area contributed by atoms with E-state index in [2.05, 4.69) is 58.7 Å². The summed E-state index contributed by atoms with van der Waals surface area (Å²) in [6, 6.07) is 8.15. The monoisotopic (exact) mass is 293 g/mol. The average molecular weight is 293 g/mol. The Kier molecular flexibility index (Phi) is 3.20. The smallest absolute Gasteiger partial charge is 0.0912 e. The van der Waals surface area contributed by atoms with Crippen LogP contribution >= 0.6 is 0 Å². The van der Waals surface area contributed by atoms with Crippen molar-refractivity contribution in [1.82, 2.24) is 15.0 Å². The summed E-state index contributed by atoms with van der Waals surface area (Å²) in [5.74, 6) is 0. The van der Waals surface area contributed by atoms with Crippen molar-refractivity contribution in [3.63, 3.8) is 0 Å². The standard InChI is InChI=1S/C19H23N3/c1-18(2,3)16-17(19(4,5)6)22-15-11-13-12(8-7-9-20-13)10-14(15)21-16/h7-11H,1-6H3. The number of benzene rings is 1. The van der Waals surface area contributed by atoms with E-state index in [1.54, 1.807) is 0 Å². The molecule has 0 radical (unpaired) electrons. The van der Waals surface area contributed by atoms with Crippen LogP contribution in [0.25, 0.3) is 21.9 Å². The molecule has 22 heavy (non-hydrogen) atoms.